The zero-order valence-electron chi connectivity index (χ0n) is 34.2. The second-order valence-electron chi connectivity index (χ2n) is 16.6. The second kappa shape index (κ2) is 13.0. The van der Waals surface area contributed by atoms with Crippen LogP contribution >= 0.6 is 0 Å². The smallest absolute Gasteiger partial charge is 0.104 e. The van der Waals surface area contributed by atoms with Crippen LogP contribution in [0.15, 0.2) is 195 Å². The number of hydrogen-bond donors (Lipinski definition) is 0. The van der Waals surface area contributed by atoms with Crippen molar-refractivity contribution in [2.24, 2.45) is 0 Å². The summed E-state index contributed by atoms with van der Waals surface area (Å²) in [5.41, 5.74) is 12.9. The summed E-state index contributed by atoms with van der Waals surface area (Å²) in [6.45, 7) is 0. The number of hydrogen-bond acceptors (Lipinski definition) is 4. The van der Waals surface area contributed by atoms with Crippen molar-refractivity contribution in [1.29, 1.82) is 5.26 Å². The molecule has 0 N–H and O–H groups in total. The van der Waals surface area contributed by atoms with Crippen LogP contribution in [-0.2, 0) is 0 Å². The standard InChI is InChI=1S/C58H32N6/c59-29-42-57(63-45-26-12-23-39-40-25-14-28-62-56(40)41-24-13-27-46(63)53(41)52(39)45)50(35-17-6-2-7-18-35)49(34-15-4-1-5-16-34)51(36-19-8-3-9-20-36)58(42)64-47-32-60-30-43-37-21-10-11-22-38(37)44-31-61-33-48(64)55(44)54(43)47/h1-28,30-33H. The van der Waals surface area contributed by atoms with E-state index in [1.807, 2.05) is 37.1 Å². The molecule has 9 aromatic carbocycles. The van der Waals surface area contributed by atoms with Crippen LogP contribution in [0.3, 0.4) is 0 Å². The highest BCUT2D eigenvalue weighted by Crippen LogP contribution is 2.54. The molecule has 6 heteroatoms. The third-order valence-corrected chi connectivity index (χ3v) is 13.5. The van der Waals surface area contributed by atoms with Gasteiger partial charge in [0.1, 0.15) is 11.6 Å². The molecule has 0 radical (unpaired) electrons. The first-order valence-corrected chi connectivity index (χ1v) is 21.5. The Labute approximate surface area is 365 Å². The van der Waals surface area contributed by atoms with Crippen molar-refractivity contribution in [3.63, 3.8) is 0 Å². The zero-order chi connectivity index (χ0) is 42.0. The molecule has 14 rings (SSSR count). The average molecular weight is 813 g/mol. The van der Waals surface area contributed by atoms with E-state index in [0.717, 1.165) is 132 Å². The van der Waals surface area contributed by atoms with Crippen LogP contribution in [-0.4, -0.2) is 24.1 Å². The van der Waals surface area contributed by atoms with E-state index < -0.39 is 0 Å². The minimum atomic E-state index is 0.535. The predicted molar refractivity (Wildman–Crippen MR) is 262 cm³/mol. The van der Waals surface area contributed by atoms with Crippen molar-refractivity contribution >= 4 is 86.8 Å². The van der Waals surface area contributed by atoms with E-state index in [2.05, 4.69) is 173 Å². The van der Waals surface area contributed by atoms with Crippen LogP contribution in [0.1, 0.15) is 5.56 Å². The molecule has 64 heavy (non-hydrogen) atoms. The molecule has 0 unspecified atom stereocenters. The number of fused-ring (bicyclic) bond motifs is 6. The van der Waals surface area contributed by atoms with Crippen molar-refractivity contribution < 1.29 is 0 Å². The molecule has 0 fully saturated rings. The molecular formula is C58H32N6. The van der Waals surface area contributed by atoms with Gasteiger partial charge in [0.2, 0.25) is 0 Å². The van der Waals surface area contributed by atoms with Crippen LogP contribution in [0.4, 0.5) is 0 Å². The molecule has 0 atom stereocenters. The lowest BCUT2D eigenvalue weighted by molar-refractivity contribution is 1.11. The fourth-order valence-corrected chi connectivity index (χ4v) is 11.0. The summed E-state index contributed by atoms with van der Waals surface area (Å²) < 4.78 is 4.65. The Morgan fingerprint density at radius 3 is 1.34 bits per heavy atom. The molecular weight excluding hydrogens is 781 g/mol. The average Bonchev–Trinajstić information content (AvgIpc) is 3.89. The van der Waals surface area contributed by atoms with Gasteiger partial charge in [-0.05, 0) is 51.0 Å². The van der Waals surface area contributed by atoms with Gasteiger partial charge in [-0.2, -0.15) is 5.26 Å². The minimum absolute atomic E-state index is 0.535. The molecule has 0 aliphatic heterocycles. The van der Waals surface area contributed by atoms with Gasteiger partial charge in [0.05, 0.1) is 51.4 Å². The lowest BCUT2D eigenvalue weighted by Crippen LogP contribution is -2.11. The first-order chi connectivity index (χ1) is 31.8. The first kappa shape index (κ1) is 34.8. The lowest BCUT2D eigenvalue weighted by atomic mass is 9.82. The monoisotopic (exact) mass is 812 g/mol. The topological polar surface area (TPSA) is 72.3 Å². The van der Waals surface area contributed by atoms with Crippen LogP contribution in [0.5, 0.6) is 0 Å². The highest BCUT2D eigenvalue weighted by molar-refractivity contribution is 6.35. The Kier molecular flexibility index (Phi) is 7.08. The number of nitriles is 1. The van der Waals surface area contributed by atoms with Crippen molar-refractivity contribution in [2.75, 3.05) is 0 Å². The molecule has 0 spiro atoms. The SMILES string of the molecule is N#Cc1c(-n2c3cncc4c5ccccc5c5cncc2c5c43)c(-c2ccccc2)c(-c2ccccc2)c(-c2ccccc2)c1-n1c2cccc3c4cccnc4c4cccc1c4c32. The molecule has 0 amide bonds. The van der Waals surface area contributed by atoms with Gasteiger partial charge in [0.15, 0.2) is 0 Å². The molecule has 5 aromatic heterocycles. The van der Waals surface area contributed by atoms with E-state index in [1.54, 1.807) is 0 Å². The lowest BCUT2D eigenvalue weighted by Gasteiger charge is -2.27. The van der Waals surface area contributed by atoms with E-state index in [1.165, 1.54) is 0 Å². The highest BCUT2D eigenvalue weighted by atomic mass is 15.0. The van der Waals surface area contributed by atoms with Crippen molar-refractivity contribution in [3.05, 3.63) is 200 Å². The molecule has 14 aromatic rings. The number of aromatic nitrogens is 5. The van der Waals surface area contributed by atoms with Gasteiger partial charge in [-0.1, -0.05) is 146 Å². The maximum atomic E-state index is 12.3. The molecule has 294 valence electrons. The molecule has 0 saturated heterocycles. The predicted octanol–water partition coefficient (Wildman–Crippen LogP) is 14.4. The number of nitrogens with zero attached hydrogens (tertiary/aromatic N) is 6. The van der Waals surface area contributed by atoms with Crippen molar-refractivity contribution in [2.45, 2.75) is 0 Å². The van der Waals surface area contributed by atoms with Crippen LogP contribution in [0.25, 0.3) is 132 Å². The third-order valence-electron chi connectivity index (χ3n) is 13.5. The quantitative estimate of drug-likeness (QED) is 0.162. The van der Waals surface area contributed by atoms with Crippen LogP contribution < -0.4 is 0 Å². The maximum absolute atomic E-state index is 12.3. The Morgan fingerprint density at radius 2 is 0.797 bits per heavy atom. The fourth-order valence-electron chi connectivity index (χ4n) is 11.0. The second-order valence-corrected chi connectivity index (χ2v) is 16.6. The van der Waals surface area contributed by atoms with Crippen molar-refractivity contribution in [3.8, 4) is 50.8 Å². The summed E-state index contributed by atoms with van der Waals surface area (Å²) in [7, 11) is 0. The zero-order valence-corrected chi connectivity index (χ0v) is 34.2. The molecule has 6 nitrogen and oxygen atoms in total. The maximum Gasteiger partial charge on any atom is 0.104 e. The summed E-state index contributed by atoms with van der Waals surface area (Å²) >= 11 is 0. The summed E-state index contributed by atoms with van der Waals surface area (Å²) in [5.74, 6) is 0. The Morgan fingerprint density at radius 1 is 0.359 bits per heavy atom. The summed E-state index contributed by atoms with van der Waals surface area (Å²) in [6.07, 6.45) is 9.77. The Balaban J connectivity index is 1.30. The van der Waals surface area contributed by atoms with E-state index in [-0.39, 0.29) is 0 Å². The largest absolute Gasteiger partial charge is 0.307 e. The van der Waals surface area contributed by atoms with E-state index in [4.69, 9.17) is 15.0 Å². The van der Waals surface area contributed by atoms with Gasteiger partial charge < -0.3 is 9.13 Å². The van der Waals surface area contributed by atoms with E-state index >= 15 is 0 Å². The number of benzene rings is 9. The van der Waals surface area contributed by atoms with Gasteiger partial charge in [0.25, 0.3) is 0 Å². The fraction of sp³-hybridized carbons (Fsp3) is 0. The first-order valence-electron chi connectivity index (χ1n) is 21.5. The number of rotatable bonds is 5. The Hall–Kier alpha value is -8.92. The van der Waals surface area contributed by atoms with Crippen LogP contribution in [0, 0.1) is 11.3 Å². The van der Waals surface area contributed by atoms with Gasteiger partial charge in [-0.15, -0.1) is 0 Å². The third kappa shape index (κ3) is 4.49. The minimum Gasteiger partial charge on any atom is -0.307 e. The normalized spacial score (nSPS) is 12.0. The van der Waals surface area contributed by atoms with Gasteiger partial charge in [-0.3, -0.25) is 15.0 Å². The van der Waals surface area contributed by atoms with E-state index in [9.17, 15) is 5.26 Å². The summed E-state index contributed by atoms with van der Waals surface area (Å²) in [4.78, 5) is 14.9. The summed E-state index contributed by atoms with van der Waals surface area (Å²) in [6, 6.07) is 60.5. The molecule has 5 heterocycles. The van der Waals surface area contributed by atoms with Gasteiger partial charge in [-0.25, -0.2) is 0 Å². The molecule has 0 saturated carbocycles. The van der Waals surface area contributed by atoms with Gasteiger partial charge in [0, 0.05) is 78.4 Å². The highest BCUT2D eigenvalue weighted by Gasteiger charge is 2.33. The van der Waals surface area contributed by atoms with Crippen LogP contribution in [0.2, 0.25) is 0 Å². The van der Waals surface area contributed by atoms with E-state index in [0.29, 0.717) is 5.56 Å². The molecule has 0 bridgehead atoms. The summed E-state index contributed by atoms with van der Waals surface area (Å²) in [5, 5.41) is 24.4. The Bertz CT molecular complexity index is 3820. The molecule has 0 aliphatic rings. The molecule has 0 aliphatic carbocycles. The van der Waals surface area contributed by atoms with Gasteiger partial charge >= 0.3 is 0 Å². The van der Waals surface area contributed by atoms with Crippen molar-refractivity contribution in [1.82, 2.24) is 24.1 Å². The number of pyridine rings is 3.